The summed E-state index contributed by atoms with van der Waals surface area (Å²) < 4.78 is 1.48. The monoisotopic (exact) mass is 257 g/mol. The zero-order chi connectivity index (χ0) is 13.8. The van der Waals surface area contributed by atoms with E-state index in [2.05, 4.69) is 20.5 Å². The van der Waals surface area contributed by atoms with Gasteiger partial charge in [0.05, 0.1) is 29.1 Å². The number of hydrogen-bond donors (Lipinski definition) is 0. The Labute approximate surface area is 108 Å². The van der Waals surface area contributed by atoms with Crippen LogP contribution >= 0.6 is 0 Å². The van der Waals surface area contributed by atoms with Gasteiger partial charge >= 0.3 is 0 Å². The van der Waals surface area contributed by atoms with Crippen LogP contribution in [0.5, 0.6) is 0 Å². The van der Waals surface area contributed by atoms with Gasteiger partial charge in [-0.3, -0.25) is 9.59 Å². The molecule has 19 heavy (non-hydrogen) atoms. The molecule has 0 amide bonds. The zero-order valence-corrected chi connectivity index (χ0v) is 10.7. The zero-order valence-electron chi connectivity index (χ0n) is 10.7. The van der Waals surface area contributed by atoms with Crippen LogP contribution in [0.15, 0.2) is 12.4 Å². The Balaban J connectivity index is 2.30. The van der Waals surface area contributed by atoms with Gasteiger partial charge in [-0.15, -0.1) is 5.10 Å². The fraction of sp³-hybridized carbons (Fsp3) is 0.333. The maximum Gasteiger partial charge on any atom is 0.218 e. The lowest BCUT2D eigenvalue weighted by atomic mass is 9.92. The van der Waals surface area contributed by atoms with Gasteiger partial charge < -0.3 is 0 Å². The standard InChI is InChI=1S/C12H11N5O2/c1-12(2,3)17-9-8(15-16-17)10(18)6-4-13-14-5-7(6)11(9)19/h4-5H,1-3H3. The Morgan fingerprint density at radius 3 is 2.16 bits per heavy atom. The van der Waals surface area contributed by atoms with Crippen LogP contribution in [0, 0.1) is 0 Å². The molecular weight excluding hydrogens is 246 g/mol. The largest absolute Gasteiger partial charge is 0.287 e. The SMILES string of the molecule is CC(C)(C)n1nnc2c1C(=O)c1cnncc1C2=O. The first-order valence-electron chi connectivity index (χ1n) is 5.77. The molecule has 0 saturated carbocycles. The molecule has 0 N–H and O–H groups in total. The van der Waals surface area contributed by atoms with Gasteiger partial charge in [-0.25, -0.2) is 4.68 Å². The van der Waals surface area contributed by atoms with Crippen molar-refractivity contribution in [2.24, 2.45) is 0 Å². The van der Waals surface area contributed by atoms with Crippen LogP contribution in [0.1, 0.15) is 52.9 Å². The summed E-state index contributed by atoms with van der Waals surface area (Å²) in [6, 6.07) is 0. The van der Waals surface area contributed by atoms with E-state index in [0.717, 1.165) is 0 Å². The van der Waals surface area contributed by atoms with Crippen LogP contribution in [0.4, 0.5) is 0 Å². The Hall–Kier alpha value is -2.44. The van der Waals surface area contributed by atoms with Gasteiger partial charge in [0.2, 0.25) is 11.6 Å². The van der Waals surface area contributed by atoms with Crippen molar-refractivity contribution in [2.45, 2.75) is 26.3 Å². The third-order valence-electron chi connectivity index (χ3n) is 2.96. The van der Waals surface area contributed by atoms with Crippen molar-refractivity contribution in [3.05, 3.63) is 34.9 Å². The fourth-order valence-electron chi connectivity index (χ4n) is 2.05. The predicted molar refractivity (Wildman–Crippen MR) is 63.9 cm³/mol. The Morgan fingerprint density at radius 2 is 1.58 bits per heavy atom. The maximum absolute atomic E-state index is 12.5. The summed E-state index contributed by atoms with van der Waals surface area (Å²) in [4.78, 5) is 24.7. The molecule has 0 fully saturated rings. The van der Waals surface area contributed by atoms with E-state index in [1.54, 1.807) is 0 Å². The van der Waals surface area contributed by atoms with E-state index in [9.17, 15) is 9.59 Å². The summed E-state index contributed by atoms with van der Waals surface area (Å²) in [7, 11) is 0. The molecule has 0 bridgehead atoms. The van der Waals surface area contributed by atoms with Crippen molar-refractivity contribution in [2.75, 3.05) is 0 Å². The summed E-state index contributed by atoms with van der Waals surface area (Å²) in [5.41, 5.74) is 0.348. The smallest absolute Gasteiger partial charge is 0.218 e. The molecule has 1 aliphatic rings. The van der Waals surface area contributed by atoms with Crippen LogP contribution in [0.25, 0.3) is 0 Å². The van der Waals surface area contributed by atoms with E-state index >= 15 is 0 Å². The highest BCUT2D eigenvalue weighted by Crippen LogP contribution is 2.27. The van der Waals surface area contributed by atoms with Crippen LogP contribution < -0.4 is 0 Å². The Kier molecular flexibility index (Phi) is 2.16. The molecule has 2 aromatic rings. The highest BCUT2D eigenvalue weighted by atomic mass is 16.1. The van der Waals surface area contributed by atoms with Crippen LogP contribution in [-0.4, -0.2) is 36.8 Å². The number of ketones is 2. The lowest BCUT2D eigenvalue weighted by molar-refractivity contribution is 0.0965. The average molecular weight is 257 g/mol. The number of carbonyl (C=O) groups excluding carboxylic acids is 2. The summed E-state index contributed by atoms with van der Waals surface area (Å²) in [6.45, 7) is 5.67. The molecule has 0 aromatic carbocycles. The molecule has 2 heterocycles. The average Bonchev–Trinajstić information content (AvgIpc) is 2.81. The summed E-state index contributed by atoms with van der Waals surface area (Å²) in [5, 5.41) is 15.1. The van der Waals surface area contributed by atoms with Gasteiger partial charge in [-0.2, -0.15) is 10.2 Å². The third-order valence-corrected chi connectivity index (χ3v) is 2.96. The van der Waals surface area contributed by atoms with E-state index < -0.39 is 5.54 Å². The van der Waals surface area contributed by atoms with Crippen LogP contribution in [0.2, 0.25) is 0 Å². The molecule has 7 heteroatoms. The van der Waals surface area contributed by atoms with E-state index in [1.807, 2.05) is 20.8 Å². The minimum atomic E-state index is -0.436. The van der Waals surface area contributed by atoms with Crippen molar-refractivity contribution in [3.8, 4) is 0 Å². The summed E-state index contributed by atoms with van der Waals surface area (Å²) in [6.07, 6.45) is 2.59. The molecule has 0 spiro atoms. The Morgan fingerprint density at radius 1 is 1.00 bits per heavy atom. The van der Waals surface area contributed by atoms with Crippen molar-refractivity contribution in [1.29, 1.82) is 0 Å². The molecule has 96 valence electrons. The quantitative estimate of drug-likeness (QED) is 0.585. The lowest BCUT2D eigenvalue weighted by Crippen LogP contribution is -2.31. The van der Waals surface area contributed by atoms with Gasteiger partial charge in [0.25, 0.3) is 0 Å². The minimum Gasteiger partial charge on any atom is -0.287 e. The lowest BCUT2D eigenvalue weighted by Gasteiger charge is -2.22. The van der Waals surface area contributed by atoms with E-state index in [0.29, 0.717) is 0 Å². The predicted octanol–water partition coefficient (Wildman–Crippen LogP) is 0.598. The molecule has 0 aliphatic heterocycles. The number of carbonyl (C=O) groups is 2. The number of rotatable bonds is 0. The second-order valence-electron chi connectivity index (χ2n) is 5.34. The van der Waals surface area contributed by atoms with E-state index in [1.165, 1.54) is 17.1 Å². The topological polar surface area (TPSA) is 90.6 Å². The Bertz CT molecular complexity index is 711. The molecule has 2 aromatic heterocycles. The molecule has 0 radical (unpaired) electrons. The first-order chi connectivity index (χ1) is 8.91. The number of hydrogen-bond acceptors (Lipinski definition) is 6. The van der Waals surface area contributed by atoms with Gasteiger partial charge in [-0.1, -0.05) is 5.21 Å². The molecule has 7 nitrogen and oxygen atoms in total. The van der Waals surface area contributed by atoms with Gasteiger partial charge in [0.15, 0.2) is 5.69 Å². The molecule has 0 saturated heterocycles. The number of aromatic nitrogens is 5. The van der Waals surface area contributed by atoms with Gasteiger partial charge in [0.1, 0.15) is 5.69 Å². The van der Waals surface area contributed by atoms with Crippen molar-refractivity contribution < 1.29 is 9.59 Å². The molecule has 3 rings (SSSR count). The van der Waals surface area contributed by atoms with E-state index in [-0.39, 0.29) is 34.1 Å². The molecular formula is C12H11N5O2. The second-order valence-corrected chi connectivity index (χ2v) is 5.34. The molecule has 1 aliphatic carbocycles. The minimum absolute atomic E-state index is 0.0837. The number of nitrogens with zero attached hydrogens (tertiary/aromatic N) is 5. The van der Waals surface area contributed by atoms with Gasteiger partial charge in [0, 0.05) is 0 Å². The number of fused-ring (bicyclic) bond motifs is 2. The summed E-state index contributed by atoms with van der Waals surface area (Å²) in [5.74, 6) is -0.630. The highest BCUT2D eigenvalue weighted by molar-refractivity contribution is 6.26. The molecule has 0 unspecified atom stereocenters. The highest BCUT2D eigenvalue weighted by Gasteiger charge is 2.37. The van der Waals surface area contributed by atoms with Crippen molar-refractivity contribution in [1.82, 2.24) is 25.2 Å². The van der Waals surface area contributed by atoms with Crippen molar-refractivity contribution in [3.63, 3.8) is 0 Å². The van der Waals surface area contributed by atoms with Crippen molar-refractivity contribution >= 4 is 11.6 Å². The summed E-state index contributed by atoms with van der Waals surface area (Å²) >= 11 is 0. The van der Waals surface area contributed by atoms with Crippen LogP contribution in [-0.2, 0) is 5.54 Å². The van der Waals surface area contributed by atoms with E-state index in [4.69, 9.17) is 0 Å². The first-order valence-corrected chi connectivity index (χ1v) is 5.77. The maximum atomic E-state index is 12.5. The third kappa shape index (κ3) is 1.51. The second kappa shape index (κ2) is 3.53. The molecule has 0 atom stereocenters. The first kappa shape index (κ1) is 11.6. The fourth-order valence-corrected chi connectivity index (χ4v) is 2.05. The van der Waals surface area contributed by atoms with Gasteiger partial charge in [-0.05, 0) is 20.8 Å². The normalized spacial score (nSPS) is 14.3. The van der Waals surface area contributed by atoms with Crippen LogP contribution in [0.3, 0.4) is 0 Å².